The van der Waals surface area contributed by atoms with E-state index in [-0.39, 0.29) is 6.54 Å². The molecular formula is C18H29F2N3. The molecule has 0 bridgehead atoms. The highest BCUT2D eigenvalue weighted by Gasteiger charge is 2.22. The number of para-hydroxylation sites is 1. The molecule has 0 aliphatic carbocycles. The topological polar surface area (TPSA) is 27.3 Å². The van der Waals surface area contributed by atoms with E-state index in [9.17, 15) is 8.78 Å². The lowest BCUT2D eigenvalue weighted by Gasteiger charge is -2.33. The number of halogens is 2. The molecule has 0 aromatic heterocycles. The molecule has 0 saturated carbocycles. The summed E-state index contributed by atoms with van der Waals surface area (Å²) in [5, 5.41) is 7.20. The monoisotopic (exact) mass is 325 g/mol. The maximum Gasteiger partial charge on any atom is 0.251 e. The molecule has 1 heterocycles. The first-order chi connectivity index (χ1) is 11.0. The number of hydrogen-bond donors (Lipinski definition) is 2. The molecule has 1 aromatic carbocycles. The van der Waals surface area contributed by atoms with E-state index in [0.717, 1.165) is 38.2 Å². The molecule has 0 radical (unpaired) electrons. The first kappa shape index (κ1) is 18.1. The number of piperidine rings is 1. The zero-order valence-electron chi connectivity index (χ0n) is 14.1. The van der Waals surface area contributed by atoms with Crippen LogP contribution in [0.2, 0.25) is 0 Å². The van der Waals surface area contributed by atoms with Crippen molar-refractivity contribution in [1.29, 1.82) is 0 Å². The Hall–Kier alpha value is -1.20. The van der Waals surface area contributed by atoms with Crippen molar-refractivity contribution in [3.05, 3.63) is 30.3 Å². The predicted octanol–water partition coefficient (Wildman–Crippen LogP) is 3.44. The molecule has 1 fully saturated rings. The van der Waals surface area contributed by atoms with E-state index in [1.807, 2.05) is 23.1 Å². The maximum atomic E-state index is 12.4. The first-order valence-corrected chi connectivity index (χ1v) is 8.60. The normalized spacial score (nSPS) is 18.5. The van der Waals surface area contributed by atoms with Gasteiger partial charge in [-0.25, -0.2) is 8.78 Å². The van der Waals surface area contributed by atoms with Crippen LogP contribution in [0.4, 0.5) is 14.5 Å². The summed E-state index contributed by atoms with van der Waals surface area (Å²) in [5.74, 6) is 0.515. The van der Waals surface area contributed by atoms with Crippen LogP contribution in [0.3, 0.4) is 0 Å². The third-order valence-electron chi connectivity index (χ3n) is 4.54. The summed E-state index contributed by atoms with van der Waals surface area (Å²) < 4.78 is 24.8. The summed E-state index contributed by atoms with van der Waals surface area (Å²) in [7, 11) is 0. The van der Waals surface area contributed by atoms with Crippen molar-refractivity contribution in [3.63, 3.8) is 0 Å². The first-order valence-electron chi connectivity index (χ1n) is 8.60. The Kier molecular flexibility index (Phi) is 7.24. The molecule has 2 rings (SSSR count). The molecule has 5 heteroatoms. The molecule has 130 valence electrons. The fourth-order valence-corrected chi connectivity index (χ4v) is 3.01. The Morgan fingerprint density at radius 1 is 1.13 bits per heavy atom. The van der Waals surface area contributed by atoms with Crippen LogP contribution in [0.25, 0.3) is 0 Å². The number of nitrogens with zero attached hydrogens (tertiary/aromatic N) is 1. The van der Waals surface area contributed by atoms with E-state index in [0.29, 0.717) is 18.0 Å². The van der Waals surface area contributed by atoms with Gasteiger partial charge < -0.3 is 10.6 Å². The van der Waals surface area contributed by atoms with Crippen LogP contribution in [0, 0.1) is 5.92 Å². The Morgan fingerprint density at radius 3 is 2.35 bits per heavy atom. The molecule has 0 amide bonds. The number of nitrogens with one attached hydrogen (secondary N) is 2. The molecule has 1 saturated heterocycles. The number of likely N-dealkylation sites (tertiary alicyclic amines) is 1. The summed E-state index contributed by atoms with van der Waals surface area (Å²) in [6.07, 6.45) is -0.328. The van der Waals surface area contributed by atoms with Gasteiger partial charge in [0, 0.05) is 24.3 Å². The summed E-state index contributed by atoms with van der Waals surface area (Å²) in [6, 6.07) is 11.0. The second-order valence-electron chi connectivity index (χ2n) is 6.74. The van der Waals surface area contributed by atoms with Crippen LogP contribution in [0.5, 0.6) is 0 Å². The Labute approximate surface area is 138 Å². The smallest absolute Gasteiger partial charge is 0.251 e. The van der Waals surface area contributed by atoms with Gasteiger partial charge in [-0.2, -0.15) is 0 Å². The molecule has 1 aliphatic heterocycles. The van der Waals surface area contributed by atoms with Gasteiger partial charge in [0.1, 0.15) is 0 Å². The molecule has 1 unspecified atom stereocenters. The zero-order chi connectivity index (χ0) is 16.7. The molecule has 1 atom stereocenters. The third kappa shape index (κ3) is 6.43. The van der Waals surface area contributed by atoms with Crippen molar-refractivity contribution in [3.8, 4) is 0 Å². The fraction of sp³-hybridized carbons (Fsp3) is 0.667. The minimum Gasteiger partial charge on any atom is -0.381 e. The average Bonchev–Trinajstić information content (AvgIpc) is 2.53. The lowest BCUT2D eigenvalue weighted by atomic mass is 10.0. The second kappa shape index (κ2) is 9.18. The van der Waals surface area contributed by atoms with Crippen molar-refractivity contribution >= 4 is 5.69 Å². The Bertz CT molecular complexity index is 431. The lowest BCUT2D eigenvalue weighted by Crippen LogP contribution is -2.47. The summed E-state index contributed by atoms with van der Waals surface area (Å²) in [5.41, 5.74) is 1.14. The summed E-state index contributed by atoms with van der Waals surface area (Å²) in [6.45, 7) is 6.77. The van der Waals surface area contributed by atoms with Gasteiger partial charge >= 0.3 is 0 Å². The average molecular weight is 325 g/mol. The van der Waals surface area contributed by atoms with Gasteiger partial charge in [-0.15, -0.1) is 0 Å². The van der Waals surface area contributed by atoms with E-state index in [4.69, 9.17) is 0 Å². The van der Waals surface area contributed by atoms with Gasteiger partial charge in [-0.05, 0) is 44.0 Å². The summed E-state index contributed by atoms with van der Waals surface area (Å²) in [4.78, 5) is 1.87. The van der Waals surface area contributed by atoms with Gasteiger partial charge in [0.05, 0.1) is 6.54 Å². The van der Waals surface area contributed by atoms with Crippen LogP contribution < -0.4 is 10.6 Å². The quantitative estimate of drug-likeness (QED) is 0.767. The van der Waals surface area contributed by atoms with Gasteiger partial charge in [0.2, 0.25) is 0 Å². The van der Waals surface area contributed by atoms with E-state index >= 15 is 0 Å². The molecule has 0 spiro atoms. The van der Waals surface area contributed by atoms with Crippen molar-refractivity contribution in [1.82, 2.24) is 10.2 Å². The highest BCUT2D eigenvalue weighted by atomic mass is 19.3. The highest BCUT2D eigenvalue weighted by Crippen LogP contribution is 2.15. The van der Waals surface area contributed by atoms with Gasteiger partial charge in [-0.1, -0.05) is 32.0 Å². The van der Waals surface area contributed by atoms with Crippen LogP contribution in [0.15, 0.2) is 30.3 Å². The molecule has 1 aromatic rings. The van der Waals surface area contributed by atoms with Gasteiger partial charge in [0.25, 0.3) is 6.43 Å². The largest absolute Gasteiger partial charge is 0.381 e. The van der Waals surface area contributed by atoms with E-state index in [1.165, 1.54) is 0 Å². The fourth-order valence-electron chi connectivity index (χ4n) is 3.01. The third-order valence-corrected chi connectivity index (χ3v) is 4.54. The molecular weight excluding hydrogens is 296 g/mol. The highest BCUT2D eigenvalue weighted by molar-refractivity contribution is 5.43. The number of alkyl halides is 2. The van der Waals surface area contributed by atoms with Gasteiger partial charge in [-0.3, -0.25) is 4.90 Å². The molecule has 23 heavy (non-hydrogen) atoms. The number of rotatable bonds is 8. The van der Waals surface area contributed by atoms with E-state index in [1.54, 1.807) is 0 Å². The number of benzene rings is 1. The Balaban J connectivity index is 1.74. The Morgan fingerprint density at radius 2 is 1.78 bits per heavy atom. The van der Waals surface area contributed by atoms with Crippen molar-refractivity contribution in [2.75, 3.05) is 31.5 Å². The second-order valence-corrected chi connectivity index (χ2v) is 6.74. The molecule has 3 nitrogen and oxygen atoms in total. The lowest BCUT2D eigenvalue weighted by molar-refractivity contribution is 0.0729. The minimum absolute atomic E-state index is 0.0864. The number of anilines is 1. The van der Waals surface area contributed by atoms with Crippen molar-refractivity contribution < 1.29 is 8.78 Å². The molecule has 2 N–H and O–H groups in total. The van der Waals surface area contributed by atoms with Crippen molar-refractivity contribution in [2.45, 2.75) is 45.2 Å². The minimum atomic E-state index is -2.22. The molecule has 1 aliphatic rings. The van der Waals surface area contributed by atoms with Crippen LogP contribution in [-0.2, 0) is 0 Å². The van der Waals surface area contributed by atoms with E-state index in [2.05, 4.69) is 36.6 Å². The zero-order valence-corrected chi connectivity index (χ0v) is 14.1. The van der Waals surface area contributed by atoms with Gasteiger partial charge in [0.15, 0.2) is 0 Å². The predicted molar refractivity (Wildman–Crippen MR) is 92.2 cm³/mol. The number of hydrogen-bond acceptors (Lipinski definition) is 3. The van der Waals surface area contributed by atoms with Crippen molar-refractivity contribution in [2.24, 2.45) is 5.92 Å². The maximum absolute atomic E-state index is 12.4. The summed E-state index contributed by atoms with van der Waals surface area (Å²) >= 11 is 0. The standard InChI is InChI=1S/C18H29F2N3/c1-14(2)17(22-16-6-4-3-5-7-16)12-21-15-8-10-23(11-9-15)13-18(19)20/h3-7,14-15,17-18,21-22H,8-13H2,1-2H3. The van der Waals surface area contributed by atoms with Crippen LogP contribution >= 0.6 is 0 Å². The van der Waals surface area contributed by atoms with Crippen LogP contribution in [-0.4, -0.2) is 49.6 Å². The van der Waals surface area contributed by atoms with Crippen LogP contribution in [0.1, 0.15) is 26.7 Å². The SMILES string of the molecule is CC(C)C(CNC1CCN(CC(F)F)CC1)Nc1ccccc1. The van der Waals surface area contributed by atoms with E-state index < -0.39 is 6.43 Å².